The number of nitrogens with zero attached hydrogens (tertiary/aromatic N) is 3. The highest BCUT2D eigenvalue weighted by molar-refractivity contribution is 7.90. The number of allylic oxidation sites excluding steroid dienone is 1. The molecular weight excluding hydrogens is 734 g/mol. The summed E-state index contributed by atoms with van der Waals surface area (Å²) in [4.78, 5) is 52.3. The quantitative estimate of drug-likeness (QED) is 0.144. The van der Waals surface area contributed by atoms with Crippen LogP contribution in [0.3, 0.4) is 0 Å². The van der Waals surface area contributed by atoms with Crippen LogP contribution in [-0.2, 0) is 24.3 Å². The Bertz CT molecular complexity index is 1880. The molecule has 1 aromatic carbocycles. The van der Waals surface area contributed by atoms with Gasteiger partial charge in [-0.3, -0.25) is 14.3 Å². The molecule has 0 bridgehead atoms. The molecular formula is C38H50ClN7O7S. The van der Waals surface area contributed by atoms with Crippen LogP contribution in [0.15, 0.2) is 60.8 Å². The van der Waals surface area contributed by atoms with Gasteiger partial charge in [-0.25, -0.2) is 13.2 Å². The molecule has 0 spiro atoms. The number of hydrogen-bond donors (Lipinski definition) is 4. The number of hydrogen-bond acceptors (Lipinski definition) is 10. The molecule has 6 rings (SSSR count). The predicted octanol–water partition coefficient (Wildman–Crippen LogP) is 5.35. The number of alkyl carbamates (subject to hydrolysis) is 1. The minimum atomic E-state index is -3.64. The molecule has 3 saturated carbocycles. The Balaban J connectivity index is 1.26. The van der Waals surface area contributed by atoms with E-state index in [1.807, 2.05) is 51.1 Å². The van der Waals surface area contributed by atoms with Gasteiger partial charge in [0.2, 0.25) is 21.8 Å². The molecule has 3 aliphatic carbocycles. The van der Waals surface area contributed by atoms with Crippen LogP contribution in [0, 0.1) is 11.3 Å². The standard InChI is InChI=1S/C38H50ClN7O7S/c1-6-23-21-38(23,29(7-2)45-54(50,51)27-17-18-27)44-33(47)28-19-26(52-35-41-30(39)20-31(42-35)40-24-13-9-8-10-14-24)22-46(28)34(48)32(37(3,4)5)43-36(49)53-25-15-11-12-16-25/h6-10,13-14,20,23,25-28,32,45H,1,11-12,15-19,21-22H2,2-5H3,(H,43,49)(H,44,47)(H,40,41,42)/b29-7-/t23-,26-,28+,32-,38-/m1/s1. The van der Waals surface area contributed by atoms with Gasteiger partial charge in [-0.1, -0.05) is 62.7 Å². The van der Waals surface area contributed by atoms with Crippen LogP contribution in [0.2, 0.25) is 5.15 Å². The van der Waals surface area contributed by atoms with Crippen molar-refractivity contribution in [1.29, 1.82) is 0 Å². The molecule has 0 unspecified atom stereocenters. The Morgan fingerprint density at radius 1 is 1.07 bits per heavy atom. The van der Waals surface area contributed by atoms with Crippen LogP contribution < -0.4 is 25.4 Å². The van der Waals surface area contributed by atoms with E-state index in [1.54, 1.807) is 25.1 Å². The van der Waals surface area contributed by atoms with Crippen LogP contribution in [0.1, 0.15) is 79.1 Å². The third kappa shape index (κ3) is 9.11. The Morgan fingerprint density at radius 3 is 2.39 bits per heavy atom. The summed E-state index contributed by atoms with van der Waals surface area (Å²) in [6.07, 6.45) is 6.77. The molecule has 1 aliphatic heterocycles. The molecule has 0 radical (unpaired) electrons. The highest BCUT2D eigenvalue weighted by atomic mass is 35.5. The molecule has 16 heteroatoms. The fourth-order valence-electron chi connectivity index (χ4n) is 7.25. The smallest absolute Gasteiger partial charge is 0.408 e. The zero-order valence-corrected chi connectivity index (χ0v) is 32.7. The summed E-state index contributed by atoms with van der Waals surface area (Å²) < 4.78 is 40.7. The number of anilines is 2. The summed E-state index contributed by atoms with van der Waals surface area (Å²) in [7, 11) is -3.64. The lowest BCUT2D eigenvalue weighted by Gasteiger charge is -2.35. The van der Waals surface area contributed by atoms with Gasteiger partial charge < -0.3 is 30.3 Å². The van der Waals surface area contributed by atoms with Gasteiger partial charge in [-0.15, -0.1) is 6.58 Å². The number of carbonyl (C=O) groups is 3. The first-order valence-electron chi connectivity index (χ1n) is 18.6. The van der Waals surface area contributed by atoms with E-state index in [9.17, 15) is 22.8 Å². The zero-order chi connectivity index (χ0) is 38.8. The second-order valence-electron chi connectivity index (χ2n) is 15.6. The van der Waals surface area contributed by atoms with Crippen LogP contribution in [0.4, 0.5) is 16.3 Å². The summed E-state index contributed by atoms with van der Waals surface area (Å²) in [5.74, 6) is -0.880. The average molecular weight is 784 g/mol. The number of sulfonamides is 1. The number of aromatic nitrogens is 2. The molecule has 4 fully saturated rings. The number of rotatable bonds is 14. The summed E-state index contributed by atoms with van der Waals surface area (Å²) in [5, 5.41) is 8.71. The molecule has 5 atom stereocenters. The Hall–Kier alpha value is -4.37. The van der Waals surface area contributed by atoms with E-state index in [0.717, 1.165) is 31.4 Å². The highest BCUT2D eigenvalue weighted by Crippen LogP contribution is 2.50. The fourth-order valence-corrected chi connectivity index (χ4v) is 8.96. The number of amides is 3. The largest absolute Gasteiger partial charge is 0.458 e. The minimum Gasteiger partial charge on any atom is -0.458 e. The van der Waals surface area contributed by atoms with Gasteiger partial charge in [0.25, 0.3) is 0 Å². The lowest BCUT2D eigenvalue weighted by molar-refractivity contribution is -0.142. The zero-order valence-electron chi connectivity index (χ0n) is 31.1. The van der Waals surface area contributed by atoms with E-state index in [4.69, 9.17) is 21.1 Å². The average Bonchev–Trinajstić information content (AvgIpc) is 3.99. The third-order valence-corrected chi connectivity index (χ3v) is 12.5. The van der Waals surface area contributed by atoms with E-state index < -0.39 is 62.3 Å². The normalized spacial score (nSPS) is 25.0. The first-order chi connectivity index (χ1) is 25.6. The minimum absolute atomic E-state index is 0.0388. The third-order valence-electron chi connectivity index (χ3n) is 10.4. The number of ether oxygens (including phenoxy) is 2. The van der Waals surface area contributed by atoms with E-state index in [2.05, 4.69) is 37.2 Å². The Morgan fingerprint density at radius 2 is 1.78 bits per heavy atom. The SMILES string of the molecule is C=C[C@@H]1C[C@]1(NC(=O)[C@@H]1C[C@@H](Oc2nc(Cl)cc(Nc3ccccc3)n2)CN1C(=O)[C@@H](NC(=O)OC1CCCC1)C(C)(C)C)/C(=C/C)NS(=O)(=O)C1CC1. The molecule has 2 aromatic rings. The van der Waals surface area contributed by atoms with Crippen molar-refractivity contribution in [1.82, 2.24) is 30.2 Å². The van der Waals surface area contributed by atoms with Crippen LogP contribution in [-0.4, -0.2) is 82.8 Å². The van der Waals surface area contributed by atoms with Crippen molar-refractivity contribution in [3.63, 3.8) is 0 Å². The maximum Gasteiger partial charge on any atom is 0.408 e. The summed E-state index contributed by atoms with van der Waals surface area (Å²) in [6, 6.07) is 8.73. The number of carbonyl (C=O) groups excluding carboxylic acids is 3. The predicted molar refractivity (Wildman–Crippen MR) is 204 cm³/mol. The molecule has 3 amide bonds. The maximum atomic E-state index is 14.6. The van der Waals surface area contributed by atoms with Crippen molar-refractivity contribution in [3.8, 4) is 6.01 Å². The highest BCUT2D eigenvalue weighted by Gasteiger charge is 2.59. The van der Waals surface area contributed by atoms with Crippen LogP contribution in [0.5, 0.6) is 6.01 Å². The number of likely N-dealkylation sites (tertiary alicyclic amines) is 1. The van der Waals surface area contributed by atoms with Crippen molar-refractivity contribution < 1.29 is 32.3 Å². The lowest BCUT2D eigenvalue weighted by Crippen LogP contribution is -2.59. The summed E-state index contributed by atoms with van der Waals surface area (Å²) >= 11 is 6.37. The molecule has 292 valence electrons. The molecule has 2 heterocycles. The van der Waals surface area contributed by atoms with Gasteiger partial charge in [0.05, 0.1) is 17.3 Å². The first kappa shape index (κ1) is 39.3. The van der Waals surface area contributed by atoms with Gasteiger partial charge in [0.15, 0.2) is 0 Å². The van der Waals surface area contributed by atoms with Crippen molar-refractivity contribution in [3.05, 3.63) is 66.0 Å². The second kappa shape index (κ2) is 15.8. The van der Waals surface area contributed by atoms with Gasteiger partial charge in [-0.05, 0) is 69.4 Å². The molecule has 54 heavy (non-hydrogen) atoms. The van der Waals surface area contributed by atoms with E-state index in [-0.39, 0.29) is 36.2 Å². The van der Waals surface area contributed by atoms with Crippen LogP contribution >= 0.6 is 11.6 Å². The fraction of sp³-hybridized carbons (Fsp3) is 0.553. The van der Waals surface area contributed by atoms with Crippen LogP contribution in [0.25, 0.3) is 0 Å². The summed E-state index contributed by atoms with van der Waals surface area (Å²) in [6.45, 7) is 11.1. The number of para-hydroxylation sites is 1. The van der Waals surface area contributed by atoms with Gasteiger partial charge >= 0.3 is 12.1 Å². The molecule has 4 aliphatic rings. The van der Waals surface area contributed by atoms with E-state index >= 15 is 0 Å². The Labute approximate surface area is 321 Å². The molecule has 1 saturated heterocycles. The van der Waals surface area contributed by atoms with E-state index in [1.165, 1.54) is 4.90 Å². The Kier molecular flexibility index (Phi) is 11.5. The monoisotopic (exact) mass is 783 g/mol. The van der Waals surface area contributed by atoms with E-state index in [0.29, 0.717) is 30.8 Å². The van der Waals surface area contributed by atoms with Gasteiger partial charge in [-0.2, -0.15) is 9.97 Å². The first-order valence-corrected chi connectivity index (χ1v) is 20.5. The molecule has 14 nitrogen and oxygen atoms in total. The second-order valence-corrected chi connectivity index (χ2v) is 18.0. The van der Waals surface area contributed by atoms with Crippen molar-refractivity contribution in [2.75, 3.05) is 11.9 Å². The van der Waals surface area contributed by atoms with Gasteiger partial charge in [0, 0.05) is 29.8 Å². The van der Waals surface area contributed by atoms with Gasteiger partial charge in [0.1, 0.15) is 35.3 Å². The van der Waals surface area contributed by atoms with Crippen molar-refractivity contribution in [2.45, 2.75) is 114 Å². The van der Waals surface area contributed by atoms with Crippen molar-refractivity contribution >= 4 is 51.0 Å². The molecule has 4 N–H and O–H groups in total. The topological polar surface area (TPSA) is 181 Å². The number of halogens is 1. The number of nitrogens with one attached hydrogen (secondary N) is 4. The number of benzene rings is 1. The molecule has 1 aromatic heterocycles. The van der Waals surface area contributed by atoms with Crippen molar-refractivity contribution in [2.24, 2.45) is 11.3 Å². The lowest BCUT2D eigenvalue weighted by atomic mass is 9.85. The summed E-state index contributed by atoms with van der Waals surface area (Å²) in [5.41, 5.74) is -0.716. The maximum absolute atomic E-state index is 14.6.